The van der Waals surface area contributed by atoms with Crippen LogP contribution in [0.25, 0.3) is 0 Å². The van der Waals surface area contributed by atoms with Gasteiger partial charge in [0.15, 0.2) is 0 Å². The lowest BCUT2D eigenvalue weighted by molar-refractivity contribution is 0.0560. The van der Waals surface area contributed by atoms with Gasteiger partial charge in [0.05, 0.1) is 0 Å². The monoisotopic (exact) mass is 366 g/mol. The molecule has 0 saturated carbocycles. The first-order chi connectivity index (χ1) is 12.8. The van der Waals surface area contributed by atoms with Crippen LogP contribution < -0.4 is 4.74 Å². The molecule has 1 aliphatic rings. The van der Waals surface area contributed by atoms with Gasteiger partial charge in [-0.05, 0) is 46.5 Å². The fraction of sp³-hybridized carbons (Fsp3) is 0.348. The number of carbonyl (C=O) groups excluding carboxylic acids is 1. The van der Waals surface area contributed by atoms with E-state index in [9.17, 15) is 15.0 Å². The number of fused-ring (bicyclic) bond motifs is 1. The molecule has 4 heteroatoms. The van der Waals surface area contributed by atoms with Crippen LogP contribution in [0.4, 0.5) is 0 Å². The van der Waals surface area contributed by atoms with Crippen molar-refractivity contribution in [2.45, 2.75) is 52.1 Å². The molecule has 1 aliphatic heterocycles. The molecule has 0 radical (unpaired) electrons. The van der Waals surface area contributed by atoms with Gasteiger partial charge in [0.25, 0.3) is 0 Å². The highest BCUT2D eigenvalue weighted by molar-refractivity contribution is 6.12. The van der Waals surface area contributed by atoms with Crippen LogP contribution in [0.1, 0.15) is 61.5 Å². The van der Waals surface area contributed by atoms with Crippen molar-refractivity contribution in [1.29, 1.82) is 0 Å². The first-order valence-corrected chi connectivity index (χ1v) is 9.31. The molecule has 0 unspecified atom stereocenters. The average Bonchev–Trinajstić information content (AvgIpc) is 2.61. The molecule has 1 atom stereocenters. The minimum absolute atomic E-state index is 0.0586. The third-order valence-electron chi connectivity index (χ3n) is 5.09. The van der Waals surface area contributed by atoms with E-state index in [1.807, 2.05) is 13.0 Å². The molecule has 3 rings (SSSR count). The van der Waals surface area contributed by atoms with Crippen molar-refractivity contribution >= 4 is 5.78 Å². The van der Waals surface area contributed by atoms with Crippen molar-refractivity contribution in [2.24, 2.45) is 0 Å². The van der Waals surface area contributed by atoms with Crippen molar-refractivity contribution in [3.63, 3.8) is 0 Å². The fourth-order valence-corrected chi connectivity index (χ4v) is 3.51. The zero-order valence-corrected chi connectivity index (χ0v) is 16.1. The summed E-state index contributed by atoms with van der Waals surface area (Å²) in [6.45, 7) is 6.19. The van der Waals surface area contributed by atoms with Gasteiger partial charge in [-0.3, -0.25) is 4.79 Å². The molecular weight excluding hydrogens is 340 g/mol. The molecule has 2 aromatic carbocycles. The Balaban J connectivity index is 1.90. The quantitative estimate of drug-likeness (QED) is 0.567. The van der Waals surface area contributed by atoms with Gasteiger partial charge in [-0.1, -0.05) is 42.0 Å². The van der Waals surface area contributed by atoms with Crippen molar-refractivity contribution in [1.82, 2.24) is 0 Å². The lowest BCUT2D eigenvalue weighted by Crippen LogP contribution is -2.36. The van der Waals surface area contributed by atoms with Gasteiger partial charge < -0.3 is 14.9 Å². The van der Waals surface area contributed by atoms with E-state index < -0.39 is 5.78 Å². The molecule has 0 aromatic heterocycles. The Labute approximate surface area is 160 Å². The highest BCUT2D eigenvalue weighted by atomic mass is 16.5. The van der Waals surface area contributed by atoms with Crippen LogP contribution in [0.2, 0.25) is 0 Å². The van der Waals surface area contributed by atoms with E-state index in [2.05, 4.69) is 19.9 Å². The van der Waals surface area contributed by atoms with E-state index in [-0.39, 0.29) is 22.7 Å². The van der Waals surface area contributed by atoms with Gasteiger partial charge in [0, 0.05) is 17.2 Å². The SMILES string of the molecule is CC(C)=CCC[C@@]1(C)CCc2c(cc(O)c(C(=O)c3ccccc3)c2O)O1. The maximum absolute atomic E-state index is 12.7. The smallest absolute Gasteiger partial charge is 0.200 e. The minimum atomic E-state index is -0.398. The Kier molecular flexibility index (Phi) is 5.26. The third-order valence-corrected chi connectivity index (χ3v) is 5.09. The van der Waals surface area contributed by atoms with Gasteiger partial charge in [-0.25, -0.2) is 0 Å². The largest absolute Gasteiger partial charge is 0.507 e. The summed E-state index contributed by atoms with van der Waals surface area (Å²) in [5, 5.41) is 21.1. The van der Waals surface area contributed by atoms with Gasteiger partial charge >= 0.3 is 0 Å². The summed E-state index contributed by atoms with van der Waals surface area (Å²) in [6.07, 6.45) is 5.29. The van der Waals surface area contributed by atoms with E-state index in [1.54, 1.807) is 24.3 Å². The van der Waals surface area contributed by atoms with E-state index >= 15 is 0 Å². The predicted molar refractivity (Wildman–Crippen MR) is 106 cm³/mol. The van der Waals surface area contributed by atoms with Crippen LogP contribution in [-0.2, 0) is 6.42 Å². The minimum Gasteiger partial charge on any atom is -0.507 e. The van der Waals surface area contributed by atoms with E-state index in [1.165, 1.54) is 11.6 Å². The summed E-state index contributed by atoms with van der Waals surface area (Å²) < 4.78 is 6.14. The van der Waals surface area contributed by atoms with E-state index in [0.717, 1.165) is 19.3 Å². The number of hydrogen-bond acceptors (Lipinski definition) is 4. The zero-order valence-electron chi connectivity index (χ0n) is 16.1. The third kappa shape index (κ3) is 4.00. The van der Waals surface area contributed by atoms with Crippen LogP contribution in [0, 0.1) is 0 Å². The van der Waals surface area contributed by atoms with Crippen LogP contribution in [0.15, 0.2) is 48.0 Å². The summed E-state index contributed by atoms with van der Waals surface area (Å²) in [5.74, 6) is -0.371. The molecule has 0 fully saturated rings. The van der Waals surface area contributed by atoms with Crippen molar-refractivity contribution in [3.05, 3.63) is 64.7 Å². The second-order valence-corrected chi connectivity index (χ2v) is 7.66. The molecular formula is C23H26O4. The van der Waals surface area contributed by atoms with Crippen molar-refractivity contribution in [3.8, 4) is 17.2 Å². The van der Waals surface area contributed by atoms with Crippen LogP contribution in [0.3, 0.4) is 0 Å². The van der Waals surface area contributed by atoms with Gasteiger partial charge in [-0.15, -0.1) is 0 Å². The number of phenolic OH excluding ortho intramolecular Hbond substituents is 2. The van der Waals surface area contributed by atoms with Crippen molar-refractivity contribution in [2.75, 3.05) is 0 Å². The molecule has 0 aliphatic carbocycles. The highest BCUT2D eigenvalue weighted by Gasteiger charge is 2.34. The molecule has 0 bridgehead atoms. The van der Waals surface area contributed by atoms with Gasteiger partial charge in [-0.2, -0.15) is 0 Å². The summed E-state index contributed by atoms with van der Waals surface area (Å²) in [7, 11) is 0. The highest BCUT2D eigenvalue weighted by Crippen LogP contribution is 2.45. The second-order valence-electron chi connectivity index (χ2n) is 7.66. The first-order valence-electron chi connectivity index (χ1n) is 9.31. The lowest BCUT2D eigenvalue weighted by atomic mass is 9.86. The number of aromatic hydroxyl groups is 2. The van der Waals surface area contributed by atoms with Crippen LogP contribution >= 0.6 is 0 Å². The number of rotatable bonds is 5. The molecule has 142 valence electrons. The molecule has 27 heavy (non-hydrogen) atoms. The second kappa shape index (κ2) is 7.47. The molecule has 0 saturated heterocycles. The number of benzene rings is 2. The summed E-state index contributed by atoms with van der Waals surface area (Å²) in [4.78, 5) is 12.7. The Morgan fingerprint density at radius 1 is 1.22 bits per heavy atom. The average molecular weight is 366 g/mol. The van der Waals surface area contributed by atoms with Gasteiger partial charge in [0.1, 0.15) is 28.4 Å². The molecule has 2 N–H and O–H groups in total. The van der Waals surface area contributed by atoms with Crippen LogP contribution in [-0.4, -0.2) is 21.6 Å². The topological polar surface area (TPSA) is 66.8 Å². The number of carbonyl (C=O) groups is 1. The van der Waals surface area contributed by atoms with Crippen LogP contribution in [0.5, 0.6) is 17.2 Å². The zero-order chi connectivity index (χ0) is 19.6. The number of allylic oxidation sites excluding steroid dienone is 2. The molecule has 1 heterocycles. The summed E-state index contributed by atoms with van der Waals surface area (Å²) in [5.41, 5.74) is 1.87. The first kappa shape index (κ1) is 19.0. The fourth-order valence-electron chi connectivity index (χ4n) is 3.51. The Morgan fingerprint density at radius 3 is 2.59 bits per heavy atom. The standard InChI is InChI=1S/C23H26O4/c1-15(2)8-7-12-23(3)13-11-17-19(27-23)14-18(24)20(22(17)26)21(25)16-9-5-4-6-10-16/h4-6,8-10,14,24,26H,7,11-13H2,1-3H3/t23-/m0/s1. The maximum atomic E-state index is 12.7. The molecule has 2 aromatic rings. The summed E-state index contributed by atoms with van der Waals surface area (Å²) >= 11 is 0. The normalized spacial score (nSPS) is 18.3. The van der Waals surface area contributed by atoms with E-state index in [0.29, 0.717) is 23.3 Å². The molecule has 4 nitrogen and oxygen atoms in total. The maximum Gasteiger partial charge on any atom is 0.200 e. The Hall–Kier alpha value is -2.75. The number of ketones is 1. The molecule has 0 amide bonds. The summed E-state index contributed by atoms with van der Waals surface area (Å²) in [6, 6.07) is 10.1. The lowest BCUT2D eigenvalue weighted by Gasteiger charge is -2.36. The number of phenols is 2. The Bertz CT molecular complexity index is 879. The van der Waals surface area contributed by atoms with Crippen molar-refractivity contribution < 1.29 is 19.7 Å². The predicted octanol–water partition coefficient (Wildman–Crippen LogP) is 5.16. The Morgan fingerprint density at radius 2 is 1.93 bits per heavy atom. The van der Waals surface area contributed by atoms with Gasteiger partial charge in [0.2, 0.25) is 5.78 Å². The number of ether oxygens (including phenoxy) is 1. The number of hydrogen-bond donors (Lipinski definition) is 2. The molecule has 0 spiro atoms. The van der Waals surface area contributed by atoms with E-state index in [4.69, 9.17) is 4.74 Å².